The van der Waals surface area contributed by atoms with Crippen LogP contribution in [0.5, 0.6) is 0 Å². The molecule has 0 spiro atoms. The number of nitrogens with one attached hydrogen (secondary N) is 1. The highest BCUT2D eigenvalue weighted by molar-refractivity contribution is 7.17. The molecule has 2 aromatic rings. The SMILES string of the molecule is CCOC(=O)c1c(NC(=O)[C@@H](OC(C)=O)c2ccccc2)sc2c1CC[C@@H](C)C2. The molecule has 0 bridgehead atoms. The Morgan fingerprint density at radius 3 is 2.62 bits per heavy atom. The predicted molar refractivity (Wildman–Crippen MR) is 111 cm³/mol. The summed E-state index contributed by atoms with van der Waals surface area (Å²) in [7, 11) is 0. The lowest BCUT2D eigenvalue weighted by Crippen LogP contribution is -2.25. The van der Waals surface area contributed by atoms with Crippen molar-refractivity contribution in [1.82, 2.24) is 0 Å². The minimum atomic E-state index is -1.10. The number of amides is 1. The van der Waals surface area contributed by atoms with Gasteiger partial charge in [0, 0.05) is 17.4 Å². The number of carbonyl (C=O) groups is 3. The Balaban J connectivity index is 1.94. The number of benzene rings is 1. The highest BCUT2D eigenvalue weighted by atomic mass is 32.1. The van der Waals surface area contributed by atoms with Gasteiger partial charge in [-0.2, -0.15) is 0 Å². The largest absolute Gasteiger partial charge is 0.462 e. The van der Waals surface area contributed by atoms with Crippen LogP contribution in [-0.2, 0) is 31.9 Å². The fourth-order valence-electron chi connectivity index (χ4n) is 3.50. The van der Waals surface area contributed by atoms with E-state index >= 15 is 0 Å². The summed E-state index contributed by atoms with van der Waals surface area (Å²) in [5, 5.41) is 3.29. The van der Waals surface area contributed by atoms with E-state index in [1.165, 1.54) is 18.3 Å². The van der Waals surface area contributed by atoms with Gasteiger partial charge < -0.3 is 14.8 Å². The van der Waals surface area contributed by atoms with Crippen molar-refractivity contribution in [3.05, 3.63) is 51.9 Å². The molecule has 0 aliphatic heterocycles. The second-order valence-electron chi connectivity index (χ2n) is 7.17. The van der Waals surface area contributed by atoms with Crippen LogP contribution >= 0.6 is 11.3 Å². The average molecular weight is 416 g/mol. The van der Waals surface area contributed by atoms with E-state index < -0.39 is 23.9 Å². The molecule has 7 heteroatoms. The normalized spacial score (nSPS) is 16.4. The molecule has 1 amide bonds. The van der Waals surface area contributed by atoms with Crippen LogP contribution in [0, 0.1) is 5.92 Å². The maximum absolute atomic E-state index is 13.0. The van der Waals surface area contributed by atoms with Crippen molar-refractivity contribution in [2.24, 2.45) is 5.92 Å². The Kier molecular flexibility index (Phi) is 6.69. The smallest absolute Gasteiger partial charge is 0.341 e. The molecule has 2 atom stereocenters. The minimum Gasteiger partial charge on any atom is -0.462 e. The third-order valence-electron chi connectivity index (χ3n) is 4.85. The van der Waals surface area contributed by atoms with Crippen molar-refractivity contribution in [2.45, 2.75) is 46.1 Å². The van der Waals surface area contributed by atoms with E-state index in [1.807, 2.05) is 6.07 Å². The molecular formula is C22H25NO5S. The second-order valence-corrected chi connectivity index (χ2v) is 8.27. The number of hydrogen-bond acceptors (Lipinski definition) is 6. The molecular weight excluding hydrogens is 390 g/mol. The zero-order chi connectivity index (χ0) is 21.0. The summed E-state index contributed by atoms with van der Waals surface area (Å²) >= 11 is 1.41. The van der Waals surface area contributed by atoms with Crippen molar-refractivity contribution >= 4 is 34.2 Å². The monoisotopic (exact) mass is 415 g/mol. The number of ether oxygens (including phenoxy) is 2. The summed E-state index contributed by atoms with van der Waals surface area (Å²) in [5.41, 5.74) is 1.96. The molecule has 1 aliphatic carbocycles. The molecule has 1 aliphatic rings. The molecule has 1 heterocycles. The van der Waals surface area contributed by atoms with Gasteiger partial charge in [-0.3, -0.25) is 9.59 Å². The van der Waals surface area contributed by atoms with Crippen LogP contribution in [0.2, 0.25) is 0 Å². The van der Waals surface area contributed by atoms with Gasteiger partial charge in [-0.15, -0.1) is 11.3 Å². The zero-order valence-corrected chi connectivity index (χ0v) is 17.6. The van der Waals surface area contributed by atoms with Gasteiger partial charge in [0.25, 0.3) is 5.91 Å². The number of fused-ring (bicyclic) bond motifs is 1. The number of hydrogen-bond donors (Lipinski definition) is 1. The Hall–Kier alpha value is -2.67. The van der Waals surface area contributed by atoms with Crippen LogP contribution in [0.1, 0.15) is 59.7 Å². The fraction of sp³-hybridized carbons (Fsp3) is 0.409. The van der Waals surface area contributed by atoms with Gasteiger partial charge in [-0.05, 0) is 37.7 Å². The summed E-state index contributed by atoms with van der Waals surface area (Å²) < 4.78 is 10.5. The summed E-state index contributed by atoms with van der Waals surface area (Å²) in [4.78, 5) is 38.3. The molecule has 1 N–H and O–H groups in total. The molecule has 3 rings (SSSR count). The van der Waals surface area contributed by atoms with E-state index in [9.17, 15) is 14.4 Å². The third kappa shape index (κ3) is 4.85. The Morgan fingerprint density at radius 2 is 1.97 bits per heavy atom. The lowest BCUT2D eigenvalue weighted by molar-refractivity contribution is -0.152. The fourth-order valence-corrected chi connectivity index (χ4v) is 4.90. The van der Waals surface area contributed by atoms with Crippen LogP contribution in [0.3, 0.4) is 0 Å². The van der Waals surface area contributed by atoms with Crippen molar-refractivity contribution in [2.75, 3.05) is 11.9 Å². The summed E-state index contributed by atoms with van der Waals surface area (Å²) in [5.74, 6) is -0.959. The number of rotatable bonds is 6. The molecule has 6 nitrogen and oxygen atoms in total. The Labute approximate surface area is 174 Å². The second kappa shape index (κ2) is 9.22. The first-order valence-corrected chi connectivity index (χ1v) is 10.6. The van der Waals surface area contributed by atoms with Gasteiger partial charge in [0.15, 0.2) is 0 Å². The van der Waals surface area contributed by atoms with Crippen LogP contribution in [0.25, 0.3) is 0 Å². The number of thiophene rings is 1. The molecule has 0 radical (unpaired) electrons. The lowest BCUT2D eigenvalue weighted by atomic mass is 9.88. The zero-order valence-electron chi connectivity index (χ0n) is 16.8. The number of anilines is 1. The number of carbonyl (C=O) groups excluding carboxylic acids is 3. The van der Waals surface area contributed by atoms with Crippen molar-refractivity contribution in [3.63, 3.8) is 0 Å². The predicted octanol–water partition coefficient (Wildman–Crippen LogP) is 4.29. The van der Waals surface area contributed by atoms with Gasteiger partial charge >= 0.3 is 11.9 Å². The topological polar surface area (TPSA) is 81.7 Å². The van der Waals surface area contributed by atoms with Gasteiger partial charge in [0.2, 0.25) is 6.10 Å². The molecule has 0 saturated heterocycles. The summed E-state index contributed by atoms with van der Waals surface area (Å²) in [6, 6.07) is 8.81. The first kappa shape index (κ1) is 21.0. The van der Waals surface area contributed by atoms with E-state index in [0.717, 1.165) is 29.7 Å². The molecule has 0 unspecified atom stereocenters. The third-order valence-corrected chi connectivity index (χ3v) is 6.02. The van der Waals surface area contributed by atoms with E-state index in [0.29, 0.717) is 22.0 Å². The Bertz CT molecular complexity index is 905. The molecule has 1 aromatic heterocycles. The molecule has 154 valence electrons. The van der Waals surface area contributed by atoms with Gasteiger partial charge in [-0.1, -0.05) is 37.3 Å². The lowest BCUT2D eigenvalue weighted by Gasteiger charge is -2.18. The molecule has 0 fully saturated rings. The standard InChI is InChI=1S/C22H25NO5S/c1-4-27-22(26)18-16-11-10-13(2)12-17(16)29-21(18)23-20(25)19(28-14(3)24)15-8-6-5-7-9-15/h5-9,13,19H,4,10-12H2,1-3H3,(H,23,25)/t13-,19+/m1/s1. The van der Waals surface area contributed by atoms with Crippen molar-refractivity contribution < 1.29 is 23.9 Å². The van der Waals surface area contributed by atoms with Gasteiger partial charge in [-0.25, -0.2) is 4.79 Å². The first-order valence-electron chi connectivity index (χ1n) is 9.75. The summed E-state index contributed by atoms with van der Waals surface area (Å²) in [6.45, 7) is 5.45. The maximum Gasteiger partial charge on any atom is 0.341 e. The summed E-state index contributed by atoms with van der Waals surface area (Å²) in [6.07, 6.45) is 1.54. The van der Waals surface area contributed by atoms with E-state index in [2.05, 4.69) is 12.2 Å². The molecule has 0 saturated carbocycles. The van der Waals surface area contributed by atoms with Gasteiger partial charge in [0.1, 0.15) is 5.00 Å². The number of esters is 2. The van der Waals surface area contributed by atoms with Crippen molar-refractivity contribution in [3.8, 4) is 0 Å². The highest BCUT2D eigenvalue weighted by Gasteiger charge is 2.31. The maximum atomic E-state index is 13.0. The molecule has 29 heavy (non-hydrogen) atoms. The Morgan fingerprint density at radius 1 is 1.24 bits per heavy atom. The first-order chi connectivity index (χ1) is 13.9. The highest BCUT2D eigenvalue weighted by Crippen LogP contribution is 2.40. The quantitative estimate of drug-likeness (QED) is 0.712. The van der Waals surface area contributed by atoms with Crippen LogP contribution < -0.4 is 5.32 Å². The van der Waals surface area contributed by atoms with Crippen LogP contribution in [-0.4, -0.2) is 24.5 Å². The van der Waals surface area contributed by atoms with Crippen LogP contribution in [0.15, 0.2) is 30.3 Å². The van der Waals surface area contributed by atoms with Crippen molar-refractivity contribution in [1.29, 1.82) is 0 Å². The van der Waals surface area contributed by atoms with E-state index in [-0.39, 0.29) is 6.61 Å². The molecule has 1 aromatic carbocycles. The average Bonchev–Trinajstić information content (AvgIpc) is 3.03. The van der Waals surface area contributed by atoms with Gasteiger partial charge in [0.05, 0.1) is 12.2 Å². The minimum absolute atomic E-state index is 0.257. The van der Waals surface area contributed by atoms with Crippen LogP contribution in [0.4, 0.5) is 5.00 Å². The van der Waals surface area contributed by atoms with E-state index in [1.54, 1.807) is 31.2 Å². The van der Waals surface area contributed by atoms with E-state index in [4.69, 9.17) is 9.47 Å².